The number of nitrogens with one attached hydrogen (secondary N) is 1. The zero-order valence-corrected chi connectivity index (χ0v) is 18.8. The maximum absolute atomic E-state index is 13.2. The molecule has 2 aromatic rings. The first-order valence-corrected chi connectivity index (χ1v) is 10.1. The fraction of sp³-hybridized carbons (Fsp3) is 0.524. The van der Waals surface area contributed by atoms with Gasteiger partial charge in [0.05, 0.1) is 12.7 Å². The maximum atomic E-state index is 13.2. The van der Waals surface area contributed by atoms with Crippen molar-refractivity contribution in [1.82, 2.24) is 19.8 Å². The van der Waals surface area contributed by atoms with Gasteiger partial charge in [0.15, 0.2) is 0 Å². The van der Waals surface area contributed by atoms with Gasteiger partial charge in [-0.05, 0) is 30.5 Å². The van der Waals surface area contributed by atoms with E-state index in [4.69, 9.17) is 0 Å². The molecule has 0 unspecified atom stereocenters. The Kier molecular flexibility index (Phi) is 8.85. The lowest BCUT2D eigenvalue weighted by molar-refractivity contribution is -0.0669. The predicted octanol–water partition coefficient (Wildman–Crippen LogP) is 1.44. The van der Waals surface area contributed by atoms with E-state index >= 15 is 0 Å². The van der Waals surface area contributed by atoms with E-state index in [1.54, 1.807) is 23.2 Å². The van der Waals surface area contributed by atoms with Crippen molar-refractivity contribution in [2.24, 2.45) is 5.41 Å². The van der Waals surface area contributed by atoms with Crippen molar-refractivity contribution in [3.8, 4) is 0 Å². The molecule has 1 saturated heterocycles. The third-order valence-electron chi connectivity index (χ3n) is 6.09. The minimum atomic E-state index is -0.882. The van der Waals surface area contributed by atoms with Crippen molar-refractivity contribution in [2.75, 3.05) is 32.8 Å². The molecule has 2 aliphatic heterocycles. The number of hydrogen-bond acceptors (Lipinski definition) is 5. The number of nitrogens with zero attached hydrogens (tertiary/aromatic N) is 3. The van der Waals surface area contributed by atoms with Crippen LogP contribution in [0.25, 0.3) is 0 Å². The number of piperidine rings is 1. The van der Waals surface area contributed by atoms with Crippen LogP contribution in [0, 0.1) is 11.2 Å². The van der Waals surface area contributed by atoms with E-state index in [0.717, 1.165) is 37.4 Å². The van der Waals surface area contributed by atoms with E-state index in [2.05, 4.69) is 10.3 Å². The van der Waals surface area contributed by atoms with E-state index in [-0.39, 0.29) is 49.7 Å². The SMILES string of the molecule is Cl.Cl.O=C(c1cn2c(n1)CCNCC2)N1CC[C@H](O)[C@@](CO)(Cc2ccc(F)cc2)C1. The Morgan fingerprint density at radius 2 is 1.97 bits per heavy atom. The number of likely N-dealkylation sites (tertiary alicyclic amines) is 1. The van der Waals surface area contributed by atoms with Crippen LogP contribution in [0.5, 0.6) is 0 Å². The van der Waals surface area contributed by atoms with E-state index in [0.29, 0.717) is 25.1 Å². The molecule has 7 nitrogen and oxygen atoms in total. The van der Waals surface area contributed by atoms with E-state index in [9.17, 15) is 19.4 Å². The molecule has 0 spiro atoms. The lowest BCUT2D eigenvalue weighted by Gasteiger charge is -2.45. The van der Waals surface area contributed by atoms with Crippen molar-refractivity contribution in [1.29, 1.82) is 0 Å². The molecule has 0 saturated carbocycles. The number of carbonyl (C=O) groups excluding carboxylic acids is 1. The molecular formula is C21H29Cl2FN4O3. The number of aliphatic hydroxyl groups is 2. The van der Waals surface area contributed by atoms with Gasteiger partial charge in [0, 0.05) is 50.8 Å². The number of fused-ring (bicyclic) bond motifs is 1. The summed E-state index contributed by atoms with van der Waals surface area (Å²) in [6.07, 6.45) is 2.57. The number of amides is 1. The molecule has 1 fully saturated rings. The van der Waals surface area contributed by atoms with Gasteiger partial charge in [-0.3, -0.25) is 4.79 Å². The summed E-state index contributed by atoms with van der Waals surface area (Å²) < 4.78 is 15.3. The van der Waals surface area contributed by atoms with E-state index in [1.807, 2.05) is 4.57 Å². The van der Waals surface area contributed by atoms with Gasteiger partial charge < -0.3 is 25.0 Å². The lowest BCUT2D eigenvalue weighted by Crippen LogP contribution is -2.56. The van der Waals surface area contributed by atoms with E-state index in [1.165, 1.54) is 12.1 Å². The Hall–Kier alpha value is -1.71. The van der Waals surface area contributed by atoms with Gasteiger partial charge in [-0.25, -0.2) is 9.37 Å². The van der Waals surface area contributed by atoms with Crippen molar-refractivity contribution in [2.45, 2.75) is 31.9 Å². The average molecular weight is 475 g/mol. The zero-order valence-electron chi connectivity index (χ0n) is 17.2. The Morgan fingerprint density at radius 3 is 2.68 bits per heavy atom. The Labute approximate surface area is 193 Å². The average Bonchev–Trinajstić information content (AvgIpc) is 3.01. The fourth-order valence-corrected chi connectivity index (χ4v) is 4.35. The first-order chi connectivity index (χ1) is 14.0. The monoisotopic (exact) mass is 474 g/mol. The summed E-state index contributed by atoms with van der Waals surface area (Å²) in [5, 5.41) is 24.1. The van der Waals surface area contributed by atoms with Gasteiger partial charge in [-0.1, -0.05) is 12.1 Å². The number of carbonyl (C=O) groups is 1. The first-order valence-electron chi connectivity index (χ1n) is 10.1. The summed E-state index contributed by atoms with van der Waals surface area (Å²) in [5.74, 6) is 0.389. The molecule has 3 N–H and O–H groups in total. The van der Waals surface area contributed by atoms with Crippen LogP contribution in [0.15, 0.2) is 30.5 Å². The molecule has 1 amide bonds. The largest absolute Gasteiger partial charge is 0.396 e. The standard InChI is InChI=1S/C21H27FN4O3.2ClH/c22-16-3-1-15(2-4-16)11-21(14-27)13-26(9-6-18(21)28)20(29)17-12-25-10-8-23-7-5-19(25)24-17;;/h1-4,12,18,23,27-28H,5-11,13-14H2;2*1H/t18-,21-;;/m0../s1. The number of halogens is 3. The van der Waals surface area contributed by atoms with Gasteiger partial charge >= 0.3 is 0 Å². The molecule has 0 aliphatic carbocycles. The van der Waals surface area contributed by atoms with Crippen LogP contribution in [0.2, 0.25) is 0 Å². The molecule has 2 aliphatic rings. The van der Waals surface area contributed by atoms with Crippen LogP contribution in [-0.2, 0) is 19.4 Å². The molecule has 10 heteroatoms. The Bertz CT molecular complexity index is 857. The number of benzene rings is 1. The highest BCUT2D eigenvalue weighted by molar-refractivity contribution is 5.92. The van der Waals surface area contributed by atoms with Crippen LogP contribution < -0.4 is 5.32 Å². The van der Waals surface area contributed by atoms with Gasteiger partial charge in [0.1, 0.15) is 17.3 Å². The van der Waals surface area contributed by atoms with Crippen molar-refractivity contribution in [3.63, 3.8) is 0 Å². The molecule has 2 atom stereocenters. The quantitative estimate of drug-likeness (QED) is 0.623. The molecule has 4 rings (SSSR count). The number of aromatic nitrogens is 2. The third-order valence-corrected chi connectivity index (χ3v) is 6.09. The van der Waals surface area contributed by atoms with Crippen LogP contribution in [0.4, 0.5) is 4.39 Å². The Balaban J connectivity index is 0.00000171. The van der Waals surface area contributed by atoms with E-state index < -0.39 is 11.5 Å². The summed E-state index contributed by atoms with van der Waals surface area (Å²) >= 11 is 0. The minimum absolute atomic E-state index is 0. The highest BCUT2D eigenvalue weighted by atomic mass is 35.5. The summed E-state index contributed by atoms with van der Waals surface area (Å²) in [6, 6.07) is 6.04. The second kappa shape index (κ2) is 10.7. The van der Waals surface area contributed by atoms with Crippen molar-refractivity contribution >= 4 is 30.7 Å². The molecule has 31 heavy (non-hydrogen) atoms. The number of rotatable bonds is 4. The highest BCUT2D eigenvalue weighted by Gasteiger charge is 2.44. The number of hydrogen-bond donors (Lipinski definition) is 3. The van der Waals surface area contributed by atoms with Gasteiger partial charge in [0.2, 0.25) is 0 Å². The smallest absolute Gasteiger partial charge is 0.274 e. The lowest BCUT2D eigenvalue weighted by atomic mass is 9.73. The molecule has 3 heterocycles. The minimum Gasteiger partial charge on any atom is -0.396 e. The number of imidazole rings is 1. The molecule has 0 radical (unpaired) electrons. The number of aliphatic hydroxyl groups excluding tert-OH is 2. The summed E-state index contributed by atoms with van der Waals surface area (Å²) in [7, 11) is 0. The topological polar surface area (TPSA) is 90.6 Å². The molecular weight excluding hydrogens is 446 g/mol. The van der Waals surface area contributed by atoms with Gasteiger partial charge in [-0.2, -0.15) is 0 Å². The summed E-state index contributed by atoms with van der Waals surface area (Å²) in [6.45, 7) is 2.84. The maximum Gasteiger partial charge on any atom is 0.274 e. The van der Waals surface area contributed by atoms with Crippen LogP contribution in [-0.4, -0.2) is 69.5 Å². The normalized spacial score (nSPS) is 23.2. The molecule has 172 valence electrons. The third kappa shape index (κ3) is 5.38. The van der Waals surface area contributed by atoms with Crippen LogP contribution in [0.1, 0.15) is 28.3 Å². The second-order valence-corrected chi connectivity index (χ2v) is 8.09. The molecule has 1 aromatic heterocycles. The van der Waals surface area contributed by atoms with Gasteiger partial charge in [-0.15, -0.1) is 24.8 Å². The second-order valence-electron chi connectivity index (χ2n) is 8.09. The fourth-order valence-electron chi connectivity index (χ4n) is 4.35. The summed E-state index contributed by atoms with van der Waals surface area (Å²) in [5.41, 5.74) is 0.342. The first kappa shape index (κ1) is 25.5. The van der Waals surface area contributed by atoms with Crippen LogP contribution >= 0.6 is 24.8 Å². The highest BCUT2D eigenvalue weighted by Crippen LogP contribution is 2.34. The predicted molar refractivity (Wildman–Crippen MR) is 119 cm³/mol. The molecule has 0 bridgehead atoms. The zero-order chi connectivity index (χ0) is 20.4. The summed E-state index contributed by atoms with van der Waals surface area (Å²) in [4.78, 5) is 19.3. The Morgan fingerprint density at radius 1 is 1.23 bits per heavy atom. The van der Waals surface area contributed by atoms with Gasteiger partial charge in [0.25, 0.3) is 5.91 Å². The van der Waals surface area contributed by atoms with Crippen molar-refractivity contribution in [3.05, 3.63) is 53.4 Å². The van der Waals surface area contributed by atoms with Crippen LogP contribution in [0.3, 0.4) is 0 Å². The molecule has 1 aromatic carbocycles. The van der Waals surface area contributed by atoms with Crippen molar-refractivity contribution < 1.29 is 19.4 Å².